The van der Waals surface area contributed by atoms with E-state index in [2.05, 4.69) is 11.8 Å². The predicted molar refractivity (Wildman–Crippen MR) is 50.5 cm³/mol. The van der Waals surface area contributed by atoms with Gasteiger partial charge in [0.1, 0.15) is 0 Å². The van der Waals surface area contributed by atoms with Gasteiger partial charge in [-0.05, 0) is 24.6 Å². The Balaban J connectivity index is 3.13. The molecular formula is C9H12ClN. The van der Waals surface area contributed by atoms with Crippen molar-refractivity contribution < 1.29 is 0 Å². The molecule has 0 saturated heterocycles. The van der Waals surface area contributed by atoms with Crippen LogP contribution in [0.25, 0.3) is 0 Å². The molecule has 0 aliphatic rings. The summed E-state index contributed by atoms with van der Waals surface area (Å²) in [5.41, 5.74) is 2.43. The van der Waals surface area contributed by atoms with Crippen molar-refractivity contribution in [3.63, 3.8) is 0 Å². The van der Waals surface area contributed by atoms with Crippen LogP contribution >= 0.6 is 11.6 Å². The summed E-state index contributed by atoms with van der Waals surface area (Å²) in [4.78, 5) is 2.06. The van der Waals surface area contributed by atoms with Crippen molar-refractivity contribution >= 4 is 17.3 Å². The number of nitrogens with zero attached hydrogens (tertiary/aromatic N) is 1. The number of benzene rings is 1. The third kappa shape index (κ3) is 1.87. The smallest absolute Gasteiger partial charge is 0.0426 e. The number of halogens is 1. The second-order valence-corrected chi connectivity index (χ2v) is 3.26. The first kappa shape index (κ1) is 8.41. The minimum atomic E-state index is 0.791. The van der Waals surface area contributed by atoms with Crippen molar-refractivity contribution in [1.29, 1.82) is 0 Å². The number of aryl methyl sites for hydroxylation is 1. The first-order valence-electron chi connectivity index (χ1n) is 3.55. The number of rotatable bonds is 1. The zero-order valence-electron chi connectivity index (χ0n) is 7.06. The van der Waals surface area contributed by atoms with Gasteiger partial charge in [0.2, 0.25) is 0 Å². The van der Waals surface area contributed by atoms with Crippen molar-refractivity contribution in [2.24, 2.45) is 0 Å². The first-order valence-corrected chi connectivity index (χ1v) is 3.92. The van der Waals surface area contributed by atoms with E-state index >= 15 is 0 Å². The summed E-state index contributed by atoms with van der Waals surface area (Å²) in [6, 6.07) is 5.90. The lowest BCUT2D eigenvalue weighted by Gasteiger charge is -2.15. The van der Waals surface area contributed by atoms with Gasteiger partial charge in [0.15, 0.2) is 0 Å². The quantitative estimate of drug-likeness (QED) is 0.625. The van der Waals surface area contributed by atoms with Crippen LogP contribution in [0.3, 0.4) is 0 Å². The van der Waals surface area contributed by atoms with Gasteiger partial charge in [-0.25, -0.2) is 0 Å². The lowest BCUT2D eigenvalue weighted by Crippen LogP contribution is -2.09. The lowest BCUT2D eigenvalue weighted by molar-refractivity contribution is 1.11. The van der Waals surface area contributed by atoms with Crippen molar-refractivity contribution in [1.82, 2.24) is 0 Å². The Morgan fingerprint density at radius 1 is 1.27 bits per heavy atom. The molecule has 2 heteroatoms. The fourth-order valence-electron chi connectivity index (χ4n) is 1.06. The fraction of sp³-hybridized carbons (Fsp3) is 0.333. The summed E-state index contributed by atoms with van der Waals surface area (Å²) in [5, 5.41) is 0.791. The van der Waals surface area contributed by atoms with Crippen LogP contribution in [0.4, 0.5) is 5.69 Å². The van der Waals surface area contributed by atoms with E-state index in [1.807, 2.05) is 32.3 Å². The molecule has 0 N–H and O–H groups in total. The van der Waals surface area contributed by atoms with Gasteiger partial charge in [0.25, 0.3) is 0 Å². The van der Waals surface area contributed by atoms with E-state index in [4.69, 9.17) is 11.6 Å². The number of hydrogen-bond donors (Lipinski definition) is 0. The highest BCUT2D eigenvalue weighted by Gasteiger charge is 1.99. The van der Waals surface area contributed by atoms with Gasteiger partial charge in [-0.3, -0.25) is 0 Å². The molecular weight excluding hydrogens is 158 g/mol. The second kappa shape index (κ2) is 3.14. The first-order chi connectivity index (χ1) is 5.11. The van der Waals surface area contributed by atoms with Crippen LogP contribution in [0, 0.1) is 6.92 Å². The summed E-state index contributed by atoms with van der Waals surface area (Å²) in [7, 11) is 4.03. The van der Waals surface area contributed by atoms with Crippen LogP contribution in [-0.2, 0) is 0 Å². The monoisotopic (exact) mass is 169 g/mol. The number of anilines is 1. The van der Waals surface area contributed by atoms with E-state index < -0.39 is 0 Å². The Bertz CT molecular complexity index is 256. The van der Waals surface area contributed by atoms with Gasteiger partial charge < -0.3 is 4.90 Å². The third-order valence-electron chi connectivity index (χ3n) is 1.65. The van der Waals surface area contributed by atoms with E-state index in [0.717, 1.165) is 5.02 Å². The molecule has 1 nitrogen and oxygen atoms in total. The molecule has 0 aliphatic carbocycles. The van der Waals surface area contributed by atoms with E-state index in [1.54, 1.807) is 0 Å². The van der Waals surface area contributed by atoms with Gasteiger partial charge in [0, 0.05) is 24.8 Å². The van der Waals surface area contributed by atoms with Crippen molar-refractivity contribution in [2.75, 3.05) is 19.0 Å². The van der Waals surface area contributed by atoms with Gasteiger partial charge in [-0.15, -0.1) is 0 Å². The molecule has 0 amide bonds. The summed E-state index contributed by atoms with van der Waals surface area (Å²) in [5.74, 6) is 0. The predicted octanol–water partition coefficient (Wildman–Crippen LogP) is 2.71. The largest absolute Gasteiger partial charge is 0.377 e. The van der Waals surface area contributed by atoms with E-state index in [9.17, 15) is 0 Å². The second-order valence-electron chi connectivity index (χ2n) is 2.83. The Morgan fingerprint density at radius 3 is 2.36 bits per heavy atom. The van der Waals surface area contributed by atoms with Crippen molar-refractivity contribution in [3.05, 3.63) is 28.8 Å². The summed E-state index contributed by atoms with van der Waals surface area (Å²) in [6.45, 7) is 2.08. The summed E-state index contributed by atoms with van der Waals surface area (Å²) in [6.07, 6.45) is 0. The highest BCUT2D eigenvalue weighted by Crippen LogP contribution is 2.21. The fourth-order valence-corrected chi connectivity index (χ4v) is 1.23. The molecule has 60 valence electrons. The molecule has 0 aromatic heterocycles. The Morgan fingerprint density at radius 2 is 1.91 bits per heavy atom. The third-order valence-corrected chi connectivity index (χ3v) is 1.89. The standard InChI is InChI=1S/C9H12ClN/c1-7-4-5-8(10)6-9(7)11(2)3/h4-6H,1-3H3. The molecule has 1 aromatic carbocycles. The molecule has 0 unspecified atom stereocenters. The van der Waals surface area contributed by atoms with Crippen LogP contribution in [0.2, 0.25) is 5.02 Å². The lowest BCUT2D eigenvalue weighted by atomic mass is 10.2. The maximum Gasteiger partial charge on any atom is 0.0426 e. The molecule has 0 heterocycles. The van der Waals surface area contributed by atoms with Crippen molar-refractivity contribution in [2.45, 2.75) is 6.92 Å². The van der Waals surface area contributed by atoms with Gasteiger partial charge in [-0.1, -0.05) is 17.7 Å². The van der Waals surface area contributed by atoms with Crippen LogP contribution < -0.4 is 4.90 Å². The molecule has 0 spiro atoms. The highest BCUT2D eigenvalue weighted by molar-refractivity contribution is 6.30. The molecule has 0 aliphatic heterocycles. The van der Waals surface area contributed by atoms with Crippen LogP contribution in [-0.4, -0.2) is 14.1 Å². The van der Waals surface area contributed by atoms with Gasteiger partial charge in [-0.2, -0.15) is 0 Å². The molecule has 11 heavy (non-hydrogen) atoms. The molecule has 0 atom stereocenters. The number of hydrogen-bond acceptors (Lipinski definition) is 1. The average molecular weight is 170 g/mol. The molecule has 1 aromatic rings. The molecule has 1 rings (SSSR count). The minimum Gasteiger partial charge on any atom is -0.377 e. The highest BCUT2D eigenvalue weighted by atomic mass is 35.5. The maximum absolute atomic E-state index is 5.83. The average Bonchev–Trinajstić information content (AvgIpc) is 1.94. The minimum absolute atomic E-state index is 0.791. The normalized spacial score (nSPS) is 9.82. The van der Waals surface area contributed by atoms with Gasteiger partial charge in [0.05, 0.1) is 0 Å². The van der Waals surface area contributed by atoms with E-state index in [0.29, 0.717) is 0 Å². The molecule has 0 saturated carbocycles. The Kier molecular flexibility index (Phi) is 2.40. The topological polar surface area (TPSA) is 3.24 Å². The summed E-state index contributed by atoms with van der Waals surface area (Å²) >= 11 is 5.83. The zero-order chi connectivity index (χ0) is 8.43. The maximum atomic E-state index is 5.83. The zero-order valence-corrected chi connectivity index (χ0v) is 7.81. The molecule has 0 bridgehead atoms. The SMILES string of the molecule is Cc1ccc(Cl)cc1N(C)C. The van der Waals surface area contributed by atoms with Crippen molar-refractivity contribution in [3.8, 4) is 0 Å². The molecule has 0 fully saturated rings. The van der Waals surface area contributed by atoms with Crippen LogP contribution in [0.1, 0.15) is 5.56 Å². The summed E-state index contributed by atoms with van der Waals surface area (Å²) < 4.78 is 0. The Hall–Kier alpha value is -0.690. The molecule has 0 radical (unpaired) electrons. The van der Waals surface area contributed by atoms with E-state index in [-0.39, 0.29) is 0 Å². The van der Waals surface area contributed by atoms with Crippen LogP contribution in [0.5, 0.6) is 0 Å². The van der Waals surface area contributed by atoms with Crippen LogP contribution in [0.15, 0.2) is 18.2 Å². The Labute approximate surface area is 72.6 Å². The van der Waals surface area contributed by atoms with Gasteiger partial charge >= 0.3 is 0 Å². The van der Waals surface area contributed by atoms with E-state index in [1.165, 1.54) is 11.3 Å².